The summed E-state index contributed by atoms with van der Waals surface area (Å²) in [6, 6.07) is 0. The molecular formula is C29H58O14. The highest BCUT2D eigenvalue weighted by atomic mass is 16.6. The highest BCUT2D eigenvalue weighted by molar-refractivity contribution is 5.69. The first-order chi connectivity index (χ1) is 21.0. The van der Waals surface area contributed by atoms with Gasteiger partial charge in [0.1, 0.15) is 5.60 Å². The molecule has 0 aromatic rings. The van der Waals surface area contributed by atoms with Crippen molar-refractivity contribution in [2.75, 3.05) is 152 Å². The molecule has 0 saturated carbocycles. The number of aliphatic hydroxyl groups is 1. The molecule has 0 radical (unpaired) electrons. The zero-order valence-corrected chi connectivity index (χ0v) is 26.7. The van der Waals surface area contributed by atoms with Crippen molar-refractivity contribution < 1.29 is 66.7 Å². The molecule has 0 aliphatic carbocycles. The van der Waals surface area contributed by atoms with E-state index >= 15 is 0 Å². The minimum absolute atomic E-state index is 0.0224. The molecule has 43 heavy (non-hydrogen) atoms. The second-order valence-electron chi connectivity index (χ2n) is 9.80. The van der Waals surface area contributed by atoms with Gasteiger partial charge in [0.05, 0.1) is 158 Å². The fourth-order valence-corrected chi connectivity index (χ4v) is 2.91. The van der Waals surface area contributed by atoms with Crippen LogP contribution in [0, 0.1) is 0 Å². The van der Waals surface area contributed by atoms with Crippen LogP contribution in [0.1, 0.15) is 27.2 Å². The number of esters is 1. The lowest BCUT2D eigenvalue weighted by atomic mass is 10.2. The highest BCUT2D eigenvalue weighted by Crippen LogP contribution is 2.08. The first-order valence-electron chi connectivity index (χ1n) is 15.1. The first kappa shape index (κ1) is 42.0. The molecule has 0 aromatic heterocycles. The third kappa shape index (κ3) is 39.0. The number of carbonyl (C=O) groups is 1. The third-order valence-corrected chi connectivity index (χ3v) is 4.83. The maximum absolute atomic E-state index is 11.5. The van der Waals surface area contributed by atoms with Crippen LogP contribution in [0.25, 0.3) is 0 Å². The quantitative estimate of drug-likeness (QED) is 0.0781. The molecule has 0 rings (SSSR count). The number of hydrogen-bond acceptors (Lipinski definition) is 14. The molecule has 258 valence electrons. The molecular weight excluding hydrogens is 572 g/mol. The molecule has 0 bridgehead atoms. The van der Waals surface area contributed by atoms with Crippen LogP contribution in [0.15, 0.2) is 0 Å². The van der Waals surface area contributed by atoms with E-state index < -0.39 is 5.60 Å². The predicted molar refractivity (Wildman–Crippen MR) is 157 cm³/mol. The highest BCUT2D eigenvalue weighted by Gasteiger charge is 2.15. The fraction of sp³-hybridized carbons (Fsp3) is 0.966. The maximum atomic E-state index is 11.5. The Morgan fingerprint density at radius 2 is 0.605 bits per heavy atom. The Kier molecular flexibility index (Phi) is 33.1. The molecule has 0 heterocycles. The van der Waals surface area contributed by atoms with Gasteiger partial charge in [-0.15, -0.1) is 0 Å². The van der Waals surface area contributed by atoms with Crippen LogP contribution in [0.2, 0.25) is 0 Å². The van der Waals surface area contributed by atoms with Crippen molar-refractivity contribution in [3.63, 3.8) is 0 Å². The lowest BCUT2D eigenvalue weighted by Gasteiger charge is -2.19. The summed E-state index contributed by atoms with van der Waals surface area (Å²) in [5.74, 6) is -0.266. The Morgan fingerprint density at radius 1 is 0.395 bits per heavy atom. The van der Waals surface area contributed by atoms with E-state index in [4.69, 9.17) is 61.9 Å². The Labute approximate surface area is 257 Å². The van der Waals surface area contributed by atoms with Gasteiger partial charge < -0.3 is 61.9 Å². The second kappa shape index (κ2) is 33.9. The summed E-state index contributed by atoms with van der Waals surface area (Å²) in [4.78, 5) is 11.5. The molecule has 0 aliphatic rings. The fourth-order valence-electron chi connectivity index (χ4n) is 2.91. The molecule has 0 aromatic carbocycles. The van der Waals surface area contributed by atoms with Gasteiger partial charge in [0.25, 0.3) is 0 Å². The Balaban J connectivity index is 3.09. The van der Waals surface area contributed by atoms with Crippen molar-refractivity contribution in [3.05, 3.63) is 0 Å². The van der Waals surface area contributed by atoms with E-state index in [1.165, 1.54) is 0 Å². The normalized spacial score (nSPS) is 11.8. The van der Waals surface area contributed by atoms with Crippen molar-refractivity contribution in [1.82, 2.24) is 0 Å². The summed E-state index contributed by atoms with van der Waals surface area (Å²) in [6.07, 6.45) is 0.231. The molecule has 0 spiro atoms. The lowest BCUT2D eigenvalue weighted by Crippen LogP contribution is -2.24. The van der Waals surface area contributed by atoms with E-state index in [9.17, 15) is 4.79 Å². The molecule has 14 heteroatoms. The van der Waals surface area contributed by atoms with Crippen molar-refractivity contribution in [2.45, 2.75) is 32.8 Å². The monoisotopic (exact) mass is 630 g/mol. The van der Waals surface area contributed by atoms with Crippen LogP contribution in [0.3, 0.4) is 0 Å². The van der Waals surface area contributed by atoms with E-state index in [-0.39, 0.29) is 19.0 Å². The lowest BCUT2D eigenvalue weighted by molar-refractivity contribution is -0.156. The van der Waals surface area contributed by atoms with Gasteiger partial charge in [-0.2, -0.15) is 0 Å². The minimum atomic E-state index is -0.474. The van der Waals surface area contributed by atoms with E-state index in [0.29, 0.717) is 145 Å². The second-order valence-corrected chi connectivity index (χ2v) is 9.80. The van der Waals surface area contributed by atoms with Gasteiger partial charge in [-0.25, -0.2) is 0 Å². The van der Waals surface area contributed by atoms with Crippen LogP contribution in [-0.4, -0.2) is 169 Å². The molecule has 0 unspecified atom stereocenters. The standard InChI is InChI=1S/C29H58O14/c1-29(2,3)43-28(31)4-6-32-8-10-34-12-14-36-16-18-38-20-22-40-24-26-42-27-25-41-23-21-39-19-17-37-15-13-35-11-9-33-7-5-30/h30H,4-27H2,1-3H3. The average Bonchev–Trinajstić information content (AvgIpc) is 2.96. The van der Waals surface area contributed by atoms with E-state index in [1.807, 2.05) is 20.8 Å². The Morgan fingerprint density at radius 3 is 0.814 bits per heavy atom. The van der Waals surface area contributed by atoms with E-state index in [1.54, 1.807) is 0 Å². The maximum Gasteiger partial charge on any atom is 0.308 e. The summed E-state index contributed by atoms with van der Waals surface area (Å²) in [5, 5.41) is 8.57. The molecule has 0 aliphatic heterocycles. The summed E-state index contributed by atoms with van der Waals surface area (Å²) in [7, 11) is 0. The molecule has 0 atom stereocenters. The van der Waals surface area contributed by atoms with Crippen LogP contribution < -0.4 is 0 Å². The summed E-state index contributed by atoms with van der Waals surface area (Å²) in [6.45, 7) is 15.9. The third-order valence-electron chi connectivity index (χ3n) is 4.83. The molecule has 1 N–H and O–H groups in total. The molecule has 0 fully saturated rings. The topological polar surface area (TPSA) is 148 Å². The number of rotatable bonds is 35. The predicted octanol–water partition coefficient (Wildman–Crippen LogP) is 0.893. The first-order valence-corrected chi connectivity index (χ1v) is 15.1. The van der Waals surface area contributed by atoms with Gasteiger partial charge in [-0.3, -0.25) is 4.79 Å². The van der Waals surface area contributed by atoms with Gasteiger partial charge in [0.15, 0.2) is 0 Å². The molecule has 0 saturated heterocycles. The van der Waals surface area contributed by atoms with Crippen LogP contribution in [0.5, 0.6) is 0 Å². The van der Waals surface area contributed by atoms with Crippen molar-refractivity contribution in [2.24, 2.45) is 0 Å². The van der Waals surface area contributed by atoms with Crippen LogP contribution in [-0.2, 0) is 61.6 Å². The summed E-state index contributed by atoms with van der Waals surface area (Å²) in [5.41, 5.74) is -0.474. The smallest absolute Gasteiger partial charge is 0.308 e. The SMILES string of the molecule is CC(C)(C)OC(=O)CCOCCOCCOCCOCCOCCOCCOCCOCCOCCOCCOCCO. The Bertz CT molecular complexity index is 562. The number of aliphatic hydroxyl groups excluding tert-OH is 1. The van der Waals surface area contributed by atoms with E-state index in [0.717, 1.165) is 0 Å². The van der Waals surface area contributed by atoms with Gasteiger partial charge in [-0.1, -0.05) is 0 Å². The zero-order chi connectivity index (χ0) is 31.5. The largest absolute Gasteiger partial charge is 0.460 e. The zero-order valence-electron chi connectivity index (χ0n) is 26.7. The number of ether oxygens (including phenoxy) is 12. The Hall–Kier alpha value is -1.01. The number of carbonyl (C=O) groups excluding carboxylic acids is 1. The summed E-state index contributed by atoms with van der Waals surface area (Å²) >= 11 is 0. The minimum Gasteiger partial charge on any atom is -0.460 e. The van der Waals surface area contributed by atoms with Gasteiger partial charge >= 0.3 is 5.97 Å². The number of hydrogen-bond donors (Lipinski definition) is 1. The van der Waals surface area contributed by atoms with Crippen molar-refractivity contribution in [1.29, 1.82) is 0 Å². The van der Waals surface area contributed by atoms with Gasteiger partial charge in [0, 0.05) is 0 Å². The van der Waals surface area contributed by atoms with Crippen LogP contribution >= 0.6 is 0 Å². The average molecular weight is 631 g/mol. The molecule has 0 amide bonds. The van der Waals surface area contributed by atoms with Crippen molar-refractivity contribution in [3.8, 4) is 0 Å². The van der Waals surface area contributed by atoms with Gasteiger partial charge in [-0.05, 0) is 20.8 Å². The van der Waals surface area contributed by atoms with E-state index in [2.05, 4.69) is 0 Å². The van der Waals surface area contributed by atoms with Crippen molar-refractivity contribution >= 4 is 5.97 Å². The van der Waals surface area contributed by atoms with Gasteiger partial charge in [0.2, 0.25) is 0 Å². The summed E-state index contributed by atoms with van der Waals surface area (Å²) < 4.78 is 64.4. The van der Waals surface area contributed by atoms with Crippen LogP contribution in [0.4, 0.5) is 0 Å². The molecule has 14 nitrogen and oxygen atoms in total.